The molecule has 0 aromatic carbocycles. The van der Waals surface area contributed by atoms with Gasteiger partial charge in [-0.15, -0.1) is 0 Å². The van der Waals surface area contributed by atoms with Crippen molar-refractivity contribution < 1.29 is 4.79 Å². The van der Waals surface area contributed by atoms with Gasteiger partial charge >= 0.3 is 0 Å². The molecule has 0 fully saturated rings. The molecule has 1 nitrogen and oxygen atoms in total. The summed E-state index contributed by atoms with van der Waals surface area (Å²) in [7, 11) is 0. The van der Waals surface area contributed by atoms with Crippen LogP contribution in [-0.4, -0.2) is 6.29 Å². The van der Waals surface area contributed by atoms with E-state index >= 15 is 0 Å². The quantitative estimate of drug-likeness (QED) is 0.312. The summed E-state index contributed by atoms with van der Waals surface area (Å²) in [4.78, 5) is 9.79. The van der Waals surface area contributed by atoms with Crippen LogP contribution in [0.5, 0.6) is 0 Å². The average molecular weight is 125 g/mol. The fourth-order valence-electron chi connectivity index (χ4n) is 0.567. The van der Waals surface area contributed by atoms with Crippen molar-refractivity contribution in [3.8, 4) is 0 Å². The summed E-state index contributed by atoms with van der Waals surface area (Å²) in [5, 5.41) is 0. The van der Waals surface area contributed by atoms with Crippen LogP contribution in [0.1, 0.15) is 26.2 Å². The Balaban J connectivity index is 2.82. The molecule has 0 aliphatic rings. The smallest absolute Gasteiger partial charge is 0.120 e. The molecule has 0 aliphatic heterocycles. The number of carbonyl (C=O) groups excluding carboxylic acids is 1. The average Bonchev–Trinajstić information content (AvgIpc) is 1.89. The minimum absolute atomic E-state index is 0.595. The monoisotopic (exact) mass is 125 g/mol. The zero-order valence-electron chi connectivity index (χ0n) is 5.84. The van der Waals surface area contributed by atoms with Crippen molar-refractivity contribution in [1.82, 2.24) is 0 Å². The maximum Gasteiger partial charge on any atom is 0.120 e. The third-order valence-corrected chi connectivity index (χ3v) is 1.04. The molecule has 0 unspecified atom stereocenters. The zero-order valence-corrected chi connectivity index (χ0v) is 5.84. The topological polar surface area (TPSA) is 17.1 Å². The van der Waals surface area contributed by atoms with Gasteiger partial charge in [-0.05, 0) is 26.2 Å². The predicted octanol–water partition coefficient (Wildman–Crippen LogP) is 2.14. The minimum atomic E-state index is 0.595. The number of aldehydes is 1. The number of unbranched alkanes of at least 4 members (excludes halogenated alkanes) is 3. The lowest BCUT2D eigenvalue weighted by atomic mass is 10.2. The molecule has 1 heteroatoms. The summed E-state index contributed by atoms with van der Waals surface area (Å²) < 4.78 is 0. The van der Waals surface area contributed by atoms with Gasteiger partial charge in [-0.3, -0.25) is 0 Å². The first kappa shape index (κ1) is 8.41. The lowest BCUT2D eigenvalue weighted by Crippen LogP contribution is -1.76. The highest BCUT2D eigenvalue weighted by Crippen LogP contribution is 1.96. The van der Waals surface area contributed by atoms with Crippen molar-refractivity contribution >= 4 is 6.29 Å². The summed E-state index contributed by atoms with van der Waals surface area (Å²) in [6, 6.07) is 0. The Morgan fingerprint density at radius 1 is 1.33 bits per heavy atom. The van der Waals surface area contributed by atoms with Crippen molar-refractivity contribution in [1.29, 1.82) is 0 Å². The summed E-state index contributed by atoms with van der Waals surface area (Å²) in [5.74, 6) is 0. The van der Waals surface area contributed by atoms with Crippen molar-refractivity contribution in [2.75, 3.05) is 0 Å². The summed E-state index contributed by atoms with van der Waals surface area (Å²) in [6.07, 6.45) is 9.71. The molecule has 51 valence electrons. The molecule has 0 spiro atoms. The molecule has 0 heterocycles. The van der Waals surface area contributed by atoms with Gasteiger partial charge in [0.25, 0.3) is 0 Å². The van der Waals surface area contributed by atoms with Crippen LogP contribution in [0.25, 0.3) is 0 Å². The predicted molar refractivity (Wildman–Crippen MR) is 39.0 cm³/mol. The number of allylic oxidation sites excluding steroid dienone is 2. The molecule has 0 amide bonds. The standard InChI is InChI=1S/C8H13O/c1-2-3-4-5-6-7-8-9/h2-3,6,8H,4-5,7H2,1H3. The normalized spacial score (nSPS) is 10.3. The molecule has 0 aliphatic carbocycles. The van der Waals surface area contributed by atoms with Crippen LogP contribution >= 0.6 is 0 Å². The van der Waals surface area contributed by atoms with E-state index in [2.05, 4.69) is 6.08 Å². The van der Waals surface area contributed by atoms with Gasteiger partial charge in [0.1, 0.15) is 6.29 Å². The van der Waals surface area contributed by atoms with Gasteiger partial charge in [-0.1, -0.05) is 12.2 Å². The SMILES string of the molecule is CC=CCC[CH]CC=O. The second-order valence-electron chi connectivity index (χ2n) is 1.84. The molecule has 0 rings (SSSR count). The van der Waals surface area contributed by atoms with Crippen LogP contribution in [0.15, 0.2) is 12.2 Å². The van der Waals surface area contributed by atoms with Crippen LogP contribution in [0.2, 0.25) is 0 Å². The van der Waals surface area contributed by atoms with Crippen LogP contribution in [0, 0.1) is 6.42 Å². The fourth-order valence-corrected chi connectivity index (χ4v) is 0.567. The third kappa shape index (κ3) is 7.41. The lowest BCUT2D eigenvalue weighted by molar-refractivity contribution is -0.107. The van der Waals surface area contributed by atoms with E-state index in [1.807, 2.05) is 19.4 Å². The summed E-state index contributed by atoms with van der Waals surface area (Å²) >= 11 is 0. The maximum absolute atomic E-state index is 9.79. The molecular weight excluding hydrogens is 112 g/mol. The van der Waals surface area contributed by atoms with Gasteiger partial charge in [0.15, 0.2) is 0 Å². The van der Waals surface area contributed by atoms with Gasteiger partial charge in [0.2, 0.25) is 0 Å². The first-order valence-electron chi connectivity index (χ1n) is 3.28. The van der Waals surface area contributed by atoms with E-state index in [1.165, 1.54) is 0 Å². The van der Waals surface area contributed by atoms with Crippen LogP contribution in [-0.2, 0) is 4.79 Å². The van der Waals surface area contributed by atoms with E-state index in [-0.39, 0.29) is 0 Å². The second-order valence-corrected chi connectivity index (χ2v) is 1.84. The molecule has 0 saturated heterocycles. The van der Waals surface area contributed by atoms with Crippen molar-refractivity contribution in [3.63, 3.8) is 0 Å². The van der Waals surface area contributed by atoms with E-state index in [0.717, 1.165) is 19.1 Å². The minimum Gasteiger partial charge on any atom is -0.303 e. The molecule has 0 aromatic rings. The Bertz CT molecular complexity index is 84.6. The van der Waals surface area contributed by atoms with Crippen molar-refractivity contribution in [3.05, 3.63) is 18.6 Å². The van der Waals surface area contributed by atoms with Gasteiger partial charge in [-0.2, -0.15) is 0 Å². The van der Waals surface area contributed by atoms with E-state index in [1.54, 1.807) is 0 Å². The van der Waals surface area contributed by atoms with E-state index in [0.29, 0.717) is 6.42 Å². The summed E-state index contributed by atoms with van der Waals surface area (Å²) in [6.45, 7) is 2.00. The van der Waals surface area contributed by atoms with E-state index < -0.39 is 0 Å². The van der Waals surface area contributed by atoms with Crippen LogP contribution in [0.3, 0.4) is 0 Å². The zero-order chi connectivity index (χ0) is 6.95. The van der Waals surface area contributed by atoms with Crippen LogP contribution in [0.4, 0.5) is 0 Å². The number of carbonyl (C=O) groups is 1. The Morgan fingerprint density at radius 3 is 2.67 bits per heavy atom. The maximum atomic E-state index is 9.79. The largest absolute Gasteiger partial charge is 0.303 e. The van der Waals surface area contributed by atoms with E-state index in [9.17, 15) is 4.79 Å². The third-order valence-electron chi connectivity index (χ3n) is 1.04. The lowest BCUT2D eigenvalue weighted by Gasteiger charge is -1.88. The Hall–Kier alpha value is -0.590. The number of hydrogen-bond acceptors (Lipinski definition) is 1. The number of rotatable bonds is 5. The first-order chi connectivity index (χ1) is 4.41. The molecule has 0 atom stereocenters. The Kier molecular flexibility index (Phi) is 6.92. The Labute approximate surface area is 56.8 Å². The molecular formula is C8H13O. The highest BCUT2D eigenvalue weighted by atomic mass is 16.1. The second kappa shape index (κ2) is 7.41. The molecule has 1 radical (unpaired) electrons. The molecule has 9 heavy (non-hydrogen) atoms. The van der Waals surface area contributed by atoms with Gasteiger partial charge in [0, 0.05) is 6.42 Å². The van der Waals surface area contributed by atoms with Crippen molar-refractivity contribution in [2.24, 2.45) is 0 Å². The van der Waals surface area contributed by atoms with Gasteiger partial charge < -0.3 is 4.79 Å². The molecule has 0 saturated carbocycles. The van der Waals surface area contributed by atoms with Crippen LogP contribution < -0.4 is 0 Å². The highest BCUT2D eigenvalue weighted by molar-refractivity contribution is 5.50. The molecule has 0 bridgehead atoms. The first-order valence-corrected chi connectivity index (χ1v) is 3.28. The number of hydrogen-bond donors (Lipinski definition) is 0. The Morgan fingerprint density at radius 2 is 2.11 bits per heavy atom. The highest BCUT2D eigenvalue weighted by Gasteiger charge is 1.82. The van der Waals surface area contributed by atoms with Crippen molar-refractivity contribution in [2.45, 2.75) is 26.2 Å². The molecule has 0 aromatic heterocycles. The fraction of sp³-hybridized carbons (Fsp3) is 0.500. The van der Waals surface area contributed by atoms with Gasteiger partial charge in [-0.25, -0.2) is 0 Å². The van der Waals surface area contributed by atoms with E-state index in [4.69, 9.17) is 0 Å². The summed E-state index contributed by atoms with van der Waals surface area (Å²) in [5.41, 5.74) is 0. The van der Waals surface area contributed by atoms with Gasteiger partial charge in [0.05, 0.1) is 0 Å². The molecule has 0 N–H and O–H groups in total.